The fourth-order valence-electron chi connectivity index (χ4n) is 2.60. The van der Waals surface area contributed by atoms with E-state index in [-0.39, 0.29) is 5.82 Å². The van der Waals surface area contributed by atoms with Gasteiger partial charge in [-0.25, -0.2) is 4.39 Å². The van der Waals surface area contributed by atoms with Gasteiger partial charge in [0.2, 0.25) is 0 Å². The van der Waals surface area contributed by atoms with Crippen LogP contribution in [0.1, 0.15) is 49.8 Å². The summed E-state index contributed by atoms with van der Waals surface area (Å²) in [5.41, 5.74) is 2.37. The summed E-state index contributed by atoms with van der Waals surface area (Å²) in [5.74, 6) is -0.232. The minimum atomic E-state index is -0.627. The Kier molecular flexibility index (Phi) is 4.23. The Bertz CT molecular complexity index is 409. The second-order valence-electron chi connectivity index (χ2n) is 5.24. The number of hydrogen-bond acceptors (Lipinski definition) is 2. The number of aliphatic hydroxyl groups is 1. The molecule has 0 spiro atoms. The van der Waals surface area contributed by atoms with E-state index in [1.54, 1.807) is 13.8 Å². The maximum absolute atomic E-state index is 13.6. The van der Waals surface area contributed by atoms with Crippen LogP contribution in [0.25, 0.3) is 0 Å². The minimum Gasteiger partial charge on any atom is -0.389 e. The van der Waals surface area contributed by atoms with E-state index in [1.165, 1.54) is 31.7 Å². The standard InChI is InChI=1S/C15H22FNO/c1-11-9-15(13(12(2)18)10-14(11)16)17-7-5-3-4-6-8-17/h9-10,12,18H,3-8H2,1-2H3/t12-/m0/s1. The molecule has 1 fully saturated rings. The number of benzene rings is 1. The third-order valence-electron chi connectivity index (χ3n) is 3.70. The van der Waals surface area contributed by atoms with E-state index in [1.807, 2.05) is 6.07 Å². The largest absolute Gasteiger partial charge is 0.389 e. The molecule has 0 saturated carbocycles. The van der Waals surface area contributed by atoms with E-state index in [0.717, 1.165) is 18.8 Å². The summed E-state index contributed by atoms with van der Waals surface area (Å²) < 4.78 is 13.6. The number of hydrogen-bond donors (Lipinski definition) is 1. The third kappa shape index (κ3) is 2.83. The van der Waals surface area contributed by atoms with Crippen LogP contribution in [-0.4, -0.2) is 18.2 Å². The maximum Gasteiger partial charge on any atom is 0.126 e. The van der Waals surface area contributed by atoms with E-state index in [9.17, 15) is 9.50 Å². The predicted octanol–water partition coefficient (Wildman–Crippen LogP) is 3.57. The van der Waals surface area contributed by atoms with E-state index in [2.05, 4.69) is 4.90 Å². The average molecular weight is 251 g/mol. The molecule has 1 aliphatic rings. The Morgan fingerprint density at radius 3 is 2.33 bits per heavy atom. The Labute approximate surface area is 108 Å². The molecule has 2 nitrogen and oxygen atoms in total. The van der Waals surface area contributed by atoms with Crippen LogP contribution < -0.4 is 4.90 Å². The van der Waals surface area contributed by atoms with Crippen molar-refractivity contribution in [3.8, 4) is 0 Å². The zero-order chi connectivity index (χ0) is 13.1. The first-order valence-electron chi connectivity index (χ1n) is 6.82. The smallest absolute Gasteiger partial charge is 0.126 e. The monoisotopic (exact) mass is 251 g/mol. The van der Waals surface area contributed by atoms with Crippen LogP contribution in [0.5, 0.6) is 0 Å². The van der Waals surface area contributed by atoms with Crippen molar-refractivity contribution >= 4 is 5.69 Å². The maximum atomic E-state index is 13.6. The van der Waals surface area contributed by atoms with E-state index in [0.29, 0.717) is 11.1 Å². The van der Waals surface area contributed by atoms with Gasteiger partial charge in [-0.2, -0.15) is 0 Å². The second kappa shape index (κ2) is 5.70. The molecule has 1 aliphatic heterocycles. The molecule has 100 valence electrons. The van der Waals surface area contributed by atoms with Crippen LogP contribution in [0, 0.1) is 12.7 Å². The molecular formula is C15H22FNO. The molecule has 0 amide bonds. The van der Waals surface area contributed by atoms with Crippen molar-refractivity contribution in [2.24, 2.45) is 0 Å². The van der Waals surface area contributed by atoms with Gasteiger partial charge >= 0.3 is 0 Å². The average Bonchev–Trinajstić information content (AvgIpc) is 2.60. The van der Waals surface area contributed by atoms with Gasteiger partial charge in [0.25, 0.3) is 0 Å². The molecule has 0 bridgehead atoms. The summed E-state index contributed by atoms with van der Waals surface area (Å²) in [6.45, 7) is 5.49. The normalized spacial score (nSPS) is 18.6. The number of aryl methyl sites for hydroxylation is 1. The van der Waals surface area contributed by atoms with Crippen molar-refractivity contribution in [1.82, 2.24) is 0 Å². The highest BCUT2D eigenvalue weighted by atomic mass is 19.1. The summed E-state index contributed by atoms with van der Waals surface area (Å²) in [7, 11) is 0. The Balaban J connectivity index is 2.37. The third-order valence-corrected chi connectivity index (χ3v) is 3.70. The van der Waals surface area contributed by atoms with Gasteiger partial charge in [0.05, 0.1) is 6.10 Å². The molecule has 0 radical (unpaired) electrons. The van der Waals surface area contributed by atoms with Crippen molar-refractivity contribution < 1.29 is 9.50 Å². The molecular weight excluding hydrogens is 229 g/mol. The molecule has 1 saturated heterocycles. The van der Waals surface area contributed by atoms with Crippen LogP contribution in [0.3, 0.4) is 0 Å². The lowest BCUT2D eigenvalue weighted by atomic mass is 10.0. The van der Waals surface area contributed by atoms with Crippen molar-refractivity contribution in [1.29, 1.82) is 0 Å². The van der Waals surface area contributed by atoms with Crippen molar-refractivity contribution in [3.05, 3.63) is 29.1 Å². The molecule has 1 aromatic rings. The van der Waals surface area contributed by atoms with Crippen molar-refractivity contribution in [2.75, 3.05) is 18.0 Å². The highest BCUT2D eigenvalue weighted by Crippen LogP contribution is 2.30. The Hall–Kier alpha value is -1.09. The summed E-state index contributed by atoms with van der Waals surface area (Å²) in [6, 6.07) is 3.36. The van der Waals surface area contributed by atoms with Crippen LogP contribution in [0.15, 0.2) is 12.1 Å². The zero-order valence-corrected chi connectivity index (χ0v) is 11.2. The van der Waals surface area contributed by atoms with Crippen molar-refractivity contribution in [3.63, 3.8) is 0 Å². The predicted molar refractivity (Wildman–Crippen MR) is 72.5 cm³/mol. The number of rotatable bonds is 2. The highest BCUT2D eigenvalue weighted by Gasteiger charge is 2.18. The fourth-order valence-corrected chi connectivity index (χ4v) is 2.60. The van der Waals surface area contributed by atoms with Gasteiger partial charge in [-0.15, -0.1) is 0 Å². The number of aliphatic hydroxyl groups excluding tert-OH is 1. The second-order valence-corrected chi connectivity index (χ2v) is 5.24. The molecule has 1 aromatic carbocycles. The SMILES string of the molecule is Cc1cc(N2CCCCCC2)c([C@H](C)O)cc1F. The zero-order valence-electron chi connectivity index (χ0n) is 11.2. The van der Waals surface area contributed by atoms with Crippen LogP contribution in [0.4, 0.5) is 10.1 Å². The lowest BCUT2D eigenvalue weighted by Gasteiger charge is -2.27. The molecule has 1 atom stereocenters. The lowest BCUT2D eigenvalue weighted by molar-refractivity contribution is 0.199. The van der Waals surface area contributed by atoms with Gasteiger partial charge in [-0.3, -0.25) is 0 Å². The van der Waals surface area contributed by atoms with Crippen LogP contribution in [-0.2, 0) is 0 Å². The van der Waals surface area contributed by atoms with E-state index in [4.69, 9.17) is 0 Å². The number of nitrogens with zero attached hydrogens (tertiary/aromatic N) is 1. The summed E-state index contributed by atoms with van der Waals surface area (Å²) in [6.07, 6.45) is 4.26. The van der Waals surface area contributed by atoms with Gasteiger partial charge in [-0.05, 0) is 44.4 Å². The molecule has 18 heavy (non-hydrogen) atoms. The van der Waals surface area contributed by atoms with Gasteiger partial charge in [0, 0.05) is 24.3 Å². The van der Waals surface area contributed by atoms with Crippen molar-refractivity contribution in [2.45, 2.75) is 45.6 Å². The summed E-state index contributed by atoms with van der Waals surface area (Å²) >= 11 is 0. The Morgan fingerprint density at radius 1 is 1.17 bits per heavy atom. The molecule has 0 aromatic heterocycles. The quantitative estimate of drug-likeness (QED) is 0.868. The minimum absolute atomic E-state index is 0.232. The first kappa shape index (κ1) is 13.3. The van der Waals surface area contributed by atoms with Gasteiger partial charge in [-0.1, -0.05) is 12.8 Å². The van der Waals surface area contributed by atoms with Gasteiger partial charge in [0.15, 0.2) is 0 Å². The molecule has 0 unspecified atom stereocenters. The number of halogens is 1. The highest BCUT2D eigenvalue weighted by molar-refractivity contribution is 5.56. The fraction of sp³-hybridized carbons (Fsp3) is 0.600. The van der Waals surface area contributed by atoms with E-state index < -0.39 is 6.10 Å². The van der Waals surface area contributed by atoms with Gasteiger partial charge in [0.1, 0.15) is 5.82 Å². The number of anilines is 1. The van der Waals surface area contributed by atoms with E-state index >= 15 is 0 Å². The molecule has 1 heterocycles. The van der Waals surface area contributed by atoms with Crippen LogP contribution >= 0.6 is 0 Å². The summed E-state index contributed by atoms with van der Waals surface area (Å²) in [5, 5.41) is 9.83. The first-order valence-corrected chi connectivity index (χ1v) is 6.82. The lowest BCUT2D eigenvalue weighted by Crippen LogP contribution is -2.25. The van der Waals surface area contributed by atoms with Crippen LogP contribution in [0.2, 0.25) is 0 Å². The summed E-state index contributed by atoms with van der Waals surface area (Å²) in [4.78, 5) is 2.29. The van der Waals surface area contributed by atoms with Gasteiger partial charge < -0.3 is 10.0 Å². The Morgan fingerprint density at radius 2 is 1.78 bits per heavy atom. The first-order chi connectivity index (χ1) is 8.59. The molecule has 3 heteroatoms. The molecule has 1 N–H and O–H groups in total. The molecule has 0 aliphatic carbocycles. The topological polar surface area (TPSA) is 23.5 Å². The molecule has 2 rings (SSSR count).